The summed E-state index contributed by atoms with van der Waals surface area (Å²) in [5.41, 5.74) is 8.96. The van der Waals surface area contributed by atoms with Crippen LogP contribution in [0.1, 0.15) is 51.2 Å². The van der Waals surface area contributed by atoms with Gasteiger partial charge in [-0.25, -0.2) is 0 Å². The van der Waals surface area contributed by atoms with Crippen LogP contribution in [0.25, 0.3) is 32.9 Å². The van der Waals surface area contributed by atoms with Crippen LogP contribution in [0.5, 0.6) is 0 Å². The molecule has 0 aliphatic rings. The molecule has 45 heavy (non-hydrogen) atoms. The number of aromatic nitrogens is 1. The maximum Gasteiger partial charge on any atom is 0.0794 e. The molecule has 6 rings (SSSR count). The summed E-state index contributed by atoms with van der Waals surface area (Å²) >= 11 is 1.99. The zero-order chi connectivity index (χ0) is 31.2. The summed E-state index contributed by atoms with van der Waals surface area (Å²) in [6, 6.07) is 46.7. The summed E-state index contributed by atoms with van der Waals surface area (Å²) in [6.45, 7) is 8.96. The fraction of sp³-hybridized carbons (Fsp3) is 0.238. The SMILES string of the molecule is C/C=C\CSC(Nc1cccc(-c2ccc3c(c2)c2ccccc2n3C(C)(C)C)c1)C(CCc1ccccc1)c1ccccc1. The number of hydrogen-bond acceptors (Lipinski definition) is 2. The molecule has 3 heteroatoms. The van der Waals surface area contributed by atoms with Crippen molar-refractivity contribution in [3.05, 3.63) is 151 Å². The van der Waals surface area contributed by atoms with Crippen molar-refractivity contribution in [1.29, 1.82) is 0 Å². The first-order chi connectivity index (χ1) is 21.9. The molecule has 1 N–H and O–H groups in total. The highest BCUT2D eigenvalue weighted by molar-refractivity contribution is 8.00. The highest BCUT2D eigenvalue weighted by Gasteiger charge is 2.24. The van der Waals surface area contributed by atoms with Gasteiger partial charge in [-0.05, 0) is 93.1 Å². The molecule has 6 aromatic rings. The number of nitrogens with one attached hydrogen (secondary N) is 1. The molecule has 0 radical (unpaired) electrons. The summed E-state index contributed by atoms with van der Waals surface area (Å²) in [5, 5.41) is 6.83. The van der Waals surface area contributed by atoms with Crippen LogP contribution in [0.3, 0.4) is 0 Å². The number of allylic oxidation sites excluding steroid dienone is 1. The monoisotopic (exact) mass is 608 g/mol. The summed E-state index contributed by atoms with van der Waals surface area (Å²) in [5.74, 6) is 1.32. The van der Waals surface area contributed by atoms with E-state index in [1.165, 1.54) is 44.1 Å². The second-order valence-electron chi connectivity index (χ2n) is 12.8. The van der Waals surface area contributed by atoms with E-state index < -0.39 is 0 Å². The van der Waals surface area contributed by atoms with E-state index in [-0.39, 0.29) is 10.9 Å². The van der Waals surface area contributed by atoms with Gasteiger partial charge >= 0.3 is 0 Å². The Kier molecular flexibility index (Phi) is 9.47. The number of hydrogen-bond donors (Lipinski definition) is 1. The topological polar surface area (TPSA) is 17.0 Å². The van der Waals surface area contributed by atoms with Crippen LogP contribution >= 0.6 is 11.8 Å². The third kappa shape index (κ3) is 7.05. The van der Waals surface area contributed by atoms with Crippen molar-refractivity contribution in [3.8, 4) is 11.1 Å². The first-order valence-corrected chi connectivity index (χ1v) is 17.2. The van der Waals surface area contributed by atoms with Gasteiger partial charge in [-0.2, -0.15) is 0 Å². The Bertz CT molecular complexity index is 1880. The minimum atomic E-state index is -0.0118. The van der Waals surface area contributed by atoms with Crippen molar-refractivity contribution in [2.45, 2.75) is 57.4 Å². The smallest absolute Gasteiger partial charge is 0.0794 e. The molecule has 2 unspecified atom stereocenters. The molecule has 2 nitrogen and oxygen atoms in total. The number of benzene rings is 5. The highest BCUT2D eigenvalue weighted by atomic mass is 32.2. The van der Waals surface area contributed by atoms with Gasteiger partial charge < -0.3 is 9.88 Å². The van der Waals surface area contributed by atoms with Gasteiger partial charge in [-0.1, -0.05) is 109 Å². The standard InChI is InChI=1S/C42H44N2S/c1-5-6-28-45-41(36(32-18-11-8-12-19-32)26-24-31-16-9-7-10-17-31)43-35-21-15-20-33(29-35)34-25-27-40-38(30-34)37-22-13-14-23-39(37)44(40)42(2,3)4/h5-23,25,27,29-30,36,41,43H,24,26,28H2,1-4H3/b6-5-. The summed E-state index contributed by atoms with van der Waals surface area (Å²) in [7, 11) is 0. The molecule has 0 aliphatic heterocycles. The largest absolute Gasteiger partial charge is 0.373 e. The molecule has 0 fully saturated rings. The van der Waals surface area contributed by atoms with Crippen LogP contribution in [0.4, 0.5) is 5.69 Å². The molecule has 1 aromatic heterocycles. The van der Waals surface area contributed by atoms with Crippen molar-refractivity contribution in [3.63, 3.8) is 0 Å². The molecule has 0 spiro atoms. The van der Waals surface area contributed by atoms with Crippen molar-refractivity contribution >= 4 is 39.3 Å². The average molecular weight is 609 g/mol. The maximum absolute atomic E-state index is 4.00. The highest BCUT2D eigenvalue weighted by Crippen LogP contribution is 2.38. The minimum absolute atomic E-state index is 0.0118. The van der Waals surface area contributed by atoms with Gasteiger partial charge in [-0.3, -0.25) is 0 Å². The minimum Gasteiger partial charge on any atom is -0.373 e. The Morgan fingerprint density at radius 1 is 0.711 bits per heavy atom. The lowest BCUT2D eigenvalue weighted by Crippen LogP contribution is -2.25. The van der Waals surface area contributed by atoms with E-state index in [4.69, 9.17) is 0 Å². The maximum atomic E-state index is 4.00. The number of rotatable bonds is 11. The average Bonchev–Trinajstić information content (AvgIpc) is 3.40. The zero-order valence-corrected chi connectivity index (χ0v) is 27.7. The Balaban J connectivity index is 1.34. The molecule has 5 aromatic carbocycles. The number of nitrogens with zero attached hydrogens (tertiary/aromatic N) is 1. The number of para-hydroxylation sites is 1. The molecule has 0 saturated heterocycles. The molecule has 2 atom stereocenters. The predicted molar refractivity (Wildman–Crippen MR) is 199 cm³/mol. The van der Waals surface area contributed by atoms with E-state index in [2.05, 4.69) is 177 Å². The fourth-order valence-electron chi connectivity index (χ4n) is 6.50. The van der Waals surface area contributed by atoms with Crippen LogP contribution in [-0.2, 0) is 12.0 Å². The van der Waals surface area contributed by atoms with Crippen LogP contribution < -0.4 is 5.32 Å². The molecule has 0 amide bonds. The number of fused-ring (bicyclic) bond motifs is 3. The Morgan fingerprint density at radius 3 is 2.16 bits per heavy atom. The molecule has 228 valence electrons. The Labute approximate surface area is 273 Å². The van der Waals surface area contributed by atoms with Crippen LogP contribution in [-0.4, -0.2) is 15.7 Å². The molecule has 0 aliphatic carbocycles. The first-order valence-electron chi connectivity index (χ1n) is 16.1. The summed E-state index contributed by atoms with van der Waals surface area (Å²) in [6.07, 6.45) is 6.53. The van der Waals surface area contributed by atoms with Gasteiger partial charge in [0.15, 0.2) is 0 Å². The molecule has 1 heterocycles. The Morgan fingerprint density at radius 2 is 1.40 bits per heavy atom. The second-order valence-corrected chi connectivity index (χ2v) is 14.0. The van der Waals surface area contributed by atoms with E-state index in [0.29, 0.717) is 5.92 Å². The van der Waals surface area contributed by atoms with Crippen LogP contribution in [0.15, 0.2) is 140 Å². The fourth-order valence-corrected chi connectivity index (χ4v) is 7.76. The number of thioether (sulfide) groups is 1. The van der Waals surface area contributed by atoms with Crippen molar-refractivity contribution in [2.24, 2.45) is 0 Å². The van der Waals surface area contributed by atoms with Gasteiger partial charge in [0.05, 0.1) is 5.37 Å². The lowest BCUT2D eigenvalue weighted by molar-refractivity contribution is 0.423. The molecule has 0 saturated carbocycles. The Hall–Kier alpha value is -4.21. The van der Waals surface area contributed by atoms with E-state index in [0.717, 1.165) is 24.3 Å². The van der Waals surface area contributed by atoms with Crippen molar-refractivity contribution < 1.29 is 0 Å². The van der Waals surface area contributed by atoms with Gasteiger partial charge in [0.25, 0.3) is 0 Å². The molecular formula is C42H44N2S. The van der Waals surface area contributed by atoms with Gasteiger partial charge in [0.1, 0.15) is 0 Å². The van der Waals surface area contributed by atoms with Crippen LogP contribution in [0.2, 0.25) is 0 Å². The van der Waals surface area contributed by atoms with Crippen LogP contribution in [0, 0.1) is 0 Å². The summed E-state index contributed by atoms with van der Waals surface area (Å²) < 4.78 is 2.48. The van der Waals surface area contributed by atoms with E-state index >= 15 is 0 Å². The second kappa shape index (κ2) is 13.8. The number of aryl methyl sites for hydroxylation is 1. The van der Waals surface area contributed by atoms with Crippen molar-refractivity contribution in [1.82, 2.24) is 4.57 Å². The van der Waals surface area contributed by atoms with Gasteiger partial charge in [-0.15, -0.1) is 11.8 Å². The zero-order valence-electron chi connectivity index (χ0n) is 26.9. The molecular weight excluding hydrogens is 565 g/mol. The third-order valence-corrected chi connectivity index (χ3v) is 9.83. The van der Waals surface area contributed by atoms with E-state index in [9.17, 15) is 0 Å². The van der Waals surface area contributed by atoms with Gasteiger partial charge in [0, 0.05) is 44.7 Å². The third-order valence-electron chi connectivity index (χ3n) is 8.64. The van der Waals surface area contributed by atoms with Crippen molar-refractivity contribution in [2.75, 3.05) is 11.1 Å². The first kappa shape index (κ1) is 30.8. The summed E-state index contributed by atoms with van der Waals surface area (Å²) in [4.78, 5) is 0. The quantitative estimate of drug-likeness (QED) is 0.116. The van der Waals surface area contributed by atoms with E-state index in [1.807, 2.05) is 11.8 Å². The lowest BCUT2D eigenvalue weighted by Gasteiger charge is -2.29. The molecule has 0 bridgehead atoms. The number of anilines is 1. The van der Waals surface area contributed by atoms with Gasteiger partial charge in [0.2, 0.25) is 0 Å². The normalized spacial score (nSPS) is 13.4. The predicted octanol–water partition coefficient (Wildman–Crippen LogP) is 11.7. The lowest BCUT2D eigenvalue weighted by atomic mass is 9.91. The van der Waals surface area contributed by atoms with E-state index in [1.54, 1.807) is 0 Å².